The van der Waals surface area contributed by atoms with Crippen LogP contribution in [-0.2, 0) is 18.3 Å². The molecule has 0 bridgehead atoms. The molecule has 0 aliphatic carbocycles. The lowest BCUT2D eigenvalue weighted by Crippen LogP contribution is -2.35. The first-order chi connectivity index (χ1) is 17.9. The first-order valence-corrected chi connectivity index (χ1v) is 12.4. The second kappa shape index (κ2) is 10.9. The largest absolute Gasteiger partial charge is 0.379 e. The summed E-state index contributed by atoms with van der Waals surface area (Å²) in [6.45, 7) is 8.20. The zero-order valence-electron chi connectivity index (χ0n) is 21.4. The van der Waals surface area contributed by atoms with Crippen LogP contribution in [0.5, 0.6) is 0 Å². The molecule has 0 atom stereocenters. The number of aromatic nitrogens is 4. The molecular formula is C28H31N7O2. The van der Waals surface area contributed by atoms with Crippen LogP contribution < -0.4 is 10.6 Å². The fourth-order valence-electron chi connectivity index (χ4n) is 4.29. The molecule has 0 spiro atoms. The fourth-order valence-corrected chi connectivity index (χ4v) is 4.29. The summed E-state index contributed by atoms with van der Waals surface area (Å²) in [6.07, 6.45) is 5.49. The van der Waals surface area contributed by atoms with Crippen LogP contribution >= 0.6 is 0 Å². The third kappa shape index (κ3) is 6.02. The summed E-state index contributed by atoms with van der Waals surface area (Å²) in [5.74, 6) is 0.331. The number of benzene rings is 2. The van der Waals surface area contributed by atoms with Gasteiger partial charge in [-0.3, -0.25) is 14.4 Å². The second-order valence-electron chi connectivity index (χ2n) is 9.32. The molecule has 9 nitrogen and oxygen atoms in total. The van der Waals surface area contributed by atoms with Crippen LogP contribution in [0.3, 0.4) is 0 Å². The van der Waals surface area contributed by atoms with Crippen LogP contribution in [-0.4, -0.2) is 56.9 Å². The second-order valence-corrected chi connectivity index (χ2v) is 9.32. The lowest BCUT2D eigenvalue weighted by atomic mass is 10.1. The molecule has 190 valence electrons. The molecule has 2 aromatic heterocycles. The van der Waals surface area contributed by atoms with Crippen molar-refractivity contribution < 1.29 is 9.53 Å². The van der Waals surface area contributed by atoms with E-state index in [2.05, 4.69) is 48.8 Å². The van der Waals surface area contributed by atoms with Gasteiger partial charge in [-0.25, -0.2) is 9.97 Å². The van der Waals surface area contributed by atoms with E-state index in [0.29, 0.717) is 11.5 Å². The molecule has 2 aromatic carbocycles. The normalized spacial score (nSPS) is 13.9. The Morgan fingerprint density at radius 2 is 1.81 bits per heavy atom. The number of ether oxygens (including phenoxy) is 1. The van der Waals surface area contributed by atoms with Crippen LogP contribution in [0, 0.1) is 13.8 Å². The smallest absolute Gasteiger partial charge is 0.255 e. The predicted octanol–water partition coefficient (Wildman–Crippen LogP) is 4.32. The lowest BCUT2D eigenvalue weighted by molar-refractivity contribution is 0.0342. The van der Waals surface area contributed by atoms with E-state index in [-0.39, 0.29) is 5.91 Å². The zero-order chi connectivity index (χ0) is 25.8. The highest BCUT2D eigenvalue weighted by atomic mass is 16.5. The van der Waals surface area contributed by atoms with Gasteiger partial charge in [0.1, 0.15) is 0 Å². The van der Waals surface area contributed by atoms with Crippen molar-refractivity contribution in [3.63, 3.8) is 0 Å². The van der Waals surface area contributed by atoms with Crippen LogP contribution in [0.1, 0.15) is 27.0 Å². The number of nitrogens with one attached hydrogen (secondary N) is 2. The highest BCUT2D eigenvalue weighted by Crippen LogP contribution is 2.23. The topological polar surface area (TPSA) is 97.2 Å². The van der Waals surface area contributed by atoms with Gasteiger partial charge in [-0.2, -0.15) is 5.10 Å². The van der Waals surface area contributed by atoms with Gasteiger partial charge in [0.05, 0.1) is 25.1 Å². The maximum atomic E-state index is 13.0. The molecular weight excluding hydrogens is 466 g/mol. The molecule has 1 aliphatic rings. The first-order valence-electron chi connectivity index (χ1n) is 12.4. The summed E-state index contributed by atoms with van der Waals surface area (Å²) < 4.78 is 7.18. The molecule has 0 saturated carbocycles. The van der Waals surface area contributed by atoms with Crippen LogP contribution in [0.2, 0.25) is 0 Å². The van der Waals surface area contributed by atoms with Gasteiger partial charge in [-0.15, -0.1) is 0 Å². The maximum Gasteiger partial charge on any atom is 0.255 e. The average molecular weight is 498 g/mol. The van der Waals surface area contributed by atoms with Crippen LogP contribution in [0.4, 0.5) is 17.3 Å². The van der Waals surface area contributed by atoms with Gasteiger partial charge in [0, 0.05) is 61.6 Å². The Morgan fingerprint density at radius 1 is 1.03 bits per heavy atom. The van der Waals surface area contributed by atoms with Gasteiger partial charge in [0.15, 0.2) is 0 Å². The van der Waals surface area contributed by atoms with Crippen molar-refractivity contribution in [2.45, 2.75) is 20.4 Å². The fraction of sp³-hybridized carbons (Fsp3) is 0.286. The third-order valence-corrected chi connectivity index (χ3v) is 6.41. The Morgan fingerprint density at radius 3 is 2.54 bits per heavy atom. The lowest BCUT2D eigenvalue weighted by Gasteiger charge is -2.26. The number of hydrogen-bond donors (Lipinski definition) is 2. The highest BCUT2D eigenvalue weighted by molar-refractivity contribution is 6.04. The van der Waals surface area contributed by atoms with Crippen LogP contribution in [0.25, 0.3) is 11.3 Å². The summed E-state index contributed by atoms with van der Waals surface area (Å²) in [7, 11) is 1.88. The summed E-state index contributed by atoms with van der Waals surface area (Å²) in [4.78, 5) is 24.4. The minimum atomic E-state index is -0.149. The van der Waals surface area contributed by atoms with Gasteiger partial charge in [0.25, 0.3) is 5.91 Å². The summed E-state index contributed by atoms with van der Waals surface area (Å²) in [5.41, 5.74) is 7.12. The summed E-state index contributed by atoms with van der Waals surface area (Å²) in [5, 5.41) is 10.5. The predicted molar refractivity (Wildman–Crippen MR) is 144 cm³/mol. The maximum absolute atomic E-state index is 13.0. The molecule has 1 fully saturated rings. The number of carbonyl (C=O) groups is 1. The van der Waals surface area contributed by atoms with E-state index in [1.165, 1.54) is 5.56 Å². The Hall–Kier alpha value is -4.08. The highest BCUT2D eigenvalue weighted by Gasteiger charge is 2.14. The van der Waals surface area contributed by atoms with E-state index < -0.39 is 0 Å². The standard InChI is InChI=1S/C28H31N7O2/c1-19-4-5-21(17-35-10-12-37-13-11-35)14-25(19)32-27(36)22-6-8-24(9-7-22)31-28-29-15-20(2)26(33-28)23-16-30-34(3)18-23/h4-9,14-16,18H,10-13,17H2,1-3H3,(H,32,36)(H,29,31,33). The van der Waals surface area contributed by atoms with Crippen molar-refractivity contribution >= 4 is 23.2 Å². The van der Waals surface area contributed by atoms with Crippen molar-refractivity contribution in [1.82, 2.24) is 24.6 Å². The average Bonchev–Trinajstić information content (AvgIpc) is 3.34. The molecule has 37 heavy (non-hydrogen) atoms. The van der Waals surface area contributed by atoms with Gasteiger partial charge >= 0.3 is 0 Å². The molecule has 1 amide bonds. The van der Waals surface area contributed by atoms with E-state index in [1.807, 2.05) is 39.2 Å². The Bertz CT molecular complexity index is 1390. The van der Waals surface area contributed by atoms with Crippen molar-refractivity contribution in [3.05, 3.63) is 83.3 Å². The van der Waals surface area contributed by atoms with Gasteiger partial charge in [0.2, 0.25) is 5.95 Å². The zero-order valence-corrected chi connectivity index (χ0v) is 21.4. The summed E-state index contributed by atoms with van der Waals surface area (Å²) in [6, 6.07) is 13.5. The SMILES string of the molecule is Cc1ccc(CN2CCOCC2)cc1NC(=O)c1ccc(Nc2ncc(C)c(-c3cnn(C)c3)n2)cc1. The molecule has 5 rings (SSSR count). The number of carbonyl (C=O) groups excluding carboxylic acids is 1. The molecule has 3 heterocycles. The third-order valence-electron chi connectivity index (χ3n) is 6.41. The van der Waals surface area contributed by atoms with Crippen molar-refractivity contribution in [2.24, 2.45) is 7.05 Å². The molecule has 1 saturated heterocycles. The number of anilines is 3. The van der Waals surface area contributed by atoms with Gasteiger partial charge < -0.3 is 15.4 Å². The van der Waals surface area contributed by atoms with E-state index in [4.69, 9.17) is 4.74 Å². The number of amides is 1. The number of nitrogens with zero attached hydrogens (tertiary/aromatic N) is 5. The number of morpholine rings is 1. The quantitative estimate of drug-likeness (QED) is 0.392. The molecule has 0 radical (unpaired) electrons. The Labute approximate surface area is 216 Å². The van der Waals surface area contributed by atoms with E-state index in [1.54, 1.807) is 29.2 Å². The molecule has 9 heteroatoms. The van der Waals surface area contributed by atoms with E-state index in [9.17, 15) is 4.79 Å². The minimum absolute atomic E-state index is 0.149. The Kier molecular flexibility index (Phi) is 7.25. The molecule has 4 aromatic rings. The van der Waals surface area contributed by atoms with E-state index >= 15 is 0 Å². The molecule has 0 unspecified atom stereocenters. The first kappa shape index (κ1) is 24.6. The Balaban J connectivity index is 1.25. The molecule has 2 N–H and O–H groups in total. The summed E-state index contributed by atoms with van der Waals surface area (Å²) >= 11 is 0. The minimum Gasteiger partial charge on any atom is -0.379 e. The molecule has 1 aliphatic heterocycles. The van der Waals surface area contributed by atoms with Crippen molar-refractivity contribution in [1.29, 1.82) is 0 Å². The van der Waals surface area contributed by atoms with Gasteiger partial charge in [-0.1, -0.05) is 12.1 Å². The number of rotatable bonds is 7. The van der Waals surface area contributed by atoms with E-state index in [0.717, 1.165) is 66.6 Å². The number of aryl methyl sites for hydroxylation is 3. The van der Waals surface area contributed by atoms with Crippen molar-refractivity contribution in [2.75, 3.05) is 36.9 Å². The monoisotopic (exact) mass is 497 g/mol. The number of hydrogen-bond acceptors (Lipinski definition) is 7. The van der Waals surface area contributed by atoms with Crippen molar-refractivity contribution in [3.8, 4) is 11.3 Å². The van der Waals surface area contributed by atoms with Crippen LogP contribution in [0.15, 0.2) is 61.1 Å². The van der Waals surface area contributed by atoms with Gasteiger partial charge in [-0.05, 0) is 60.9 Å².